The number of hydrogen-bond donors (Lipinski definition) is 2. The van der Waals surface area contributed by atoms with Crippen molar-refractivity contribution in [2.75, 3.05) is 5.32 Å². The second-order valence-electron chi connectivity index (χ2n) is 4.94. The second kappa shape index (κ2) is 8.00. The molecule has 0 saturated heterocycles. The lowest BCUT2D eigenvalue weighted by atomic mass is 10.1. The molecule has 1 amide bonds. The molecule has 2 N–H and O–H groups in total. The molecule has 0 aliphatic heterocycles. The van der Waals surface area contributed by atoms with Crippen molar-refractivity contribution in [3.63, 3.8) is 0 Å². The van der Waals surface area contributed by atoms with E-state index in [9.17, 15) is 14.7 Å². The fourth-order valence-electron chi connectivity index (χ4n) is 1.99. The molecule has 2 aromatic rings. The van der Waals surface area contributed by atoms with E-state index in [-0.39, 0.29) is 11.3 Å². The zero-order valence-electron chi connectivity index (χ0n) is 12.4. The molecule has 0 heterocycles. The van der Waals surface area contributed by atoms with E-state index in [2.05, 4.69) is 5.32 Å². The number of carboxylic acids is 1. The summed E-state index contributed by atoms with van der Waals surface area (Å²) in [4.78, 5) is 23.4. The number of carbonyl (C=O) groups is 2. The minimum Gasteiger partial charge on any atom is -0.478 e. The van der Waals surface area contributed by atoms with Gasteiger partial charge in [0.1, 0.15) is 0 Å². The molecule has 0 atom stereocenters. The van der Waals surface area contributed by atoms with E-state index >= 15 is 0 Å². The van der Waals surface area contributed by atoms with Crippen LogP contribution in [0.1, 0.15) is 22.8 Å². The van der Waals surface area contributed by atoms with Crippen LogP contribution in [0.2, 0.25) is 10.0 Å². The number of aromatic carboxylic acids is 1. The van der Waals surface area contributed by atoms with E-state index in [0.29, 0.717) is 15.6 Å². The van der Waals surface area contributed by atoms with Crippen molar-refractivity contribution in [3.05, 3.63) is 67.2 Å². The molecule has 0 aliphatic rings. The fraction of sp³-hybridized carbons (Fsp3) is 0.0588. The Balaban J connectivity index is 2.24. The first-order chi connectivity index (χ1) is 11.3. The number of nitrogens with one attached hydrogen (secondary N) is 1. The summed E-state index contributed by atoms with van der Waals surface area (Å²) in [6, 6.07) is 9.84. The quantitative estimate of drug-likeness (QED) is 0.463. The van der Waals surface area contributed by atoms with Gasteiger partial charge in [-0.2, -0.15) is 0 Å². The first-order valence-corrected chi connectivity index (χ1v) is 8.59. The number of carboxylic acid groups (broad SMARTS) is 1. The average molecular weight is 476 g/mol. The molecule has 2 aromatic carbocycles. The molecule has 0 spiro atoms. The minimum atomic E-state index is -1.10. The van der Waals surface area contributed by atoms with Gasteiger partial charge in [0.05, 0.1) is 21.3 Å². The first kappa shape index (κ1) is 18.8. The van der Waals surface area contributed by atoms with Crippen molar-refractivity contribution in [1.82, 2.24) is 0 Å². The molecule has 0 saturated carbocycles. The van der Waals surface area contributed by atoms with Crippen LogP contribution in [0, 0.1) is 3.57 Å². The zero-order valence-corrected chi connectivity index (χ0v) is 16.1. The molecule has 7 heteroatoms. The van der Waals surface area contributed by atoms with Gasteiger partial charge in [0, 0.05) is 9.65 Å². The van der Waals surface area contributed by atoms with E-state index in [0.717, 1.165) is 9.13 Å². The van der Waals surface area contributed by atoms with Crippen LogP contribution < -0.4 is 5.32 Å². The molecule has 0 unspecified atom stereocenters. The van der Waals surface area contributed by atoms with E-state index in [1.807, 2.05) is 22.6 Å². The molecule has 0 aromatic heterocycles. The largest absolute Gasteiger partial charge is 0.478 e. The topological polar surface area (TPSA) is 66.4 Å². The molecular weight excluding hydrogens is 464 g/mol. The Morgan fingerprint density at radius 1 is 1.12 bits per heavy atom. The van der Waals surface area contributed by atoms with Crippen LogP contribution in [0.4, 0.5) is 5.69 Å². The standard InChI is InChI=1S/C17H12Cl2INO3/c1-9(10-2-4-13(18)14(19)7-10)6-16(22)21-15-5-3-11(20)8-12(15)17(23)24/h2-8H,1H3,(H,21,22)(H,23,24). The summed E-state index contributed by atoms with van der Waals surface area (Å²) in [5.74, 6) is -1.53. The highest BCUT2D eigenvalue weighted by Crippen LogP contribution is 2.26. The van der Waals surface area contributed by atoms with Crippen molar-refractivity contribution in [2.45, 2.75) is 6.92 Å². The maximum atomic E-state index is 12.2. The van der Waals surface area contributed by atoms with Crippen LogP contribution in [0.3, 0.4) is 0 Å². The Kier molecular flexibility index (Phi) is 6.26. The van der Waals surface area contributed by atoms with Gasteiger partial charge in [0.15, 0.2) is 0 Å². The number of allylic oxidation sites excluding steroid dienone is 1. The fourth-order valence-corrected chi connectivity index (χ4v) is 2.78. The normalized spacial score (nSPS) is 11.2. The summed E-state index contributed by atoms with van der Waals surface area (Å²) in [5, 5.41) is 12.6. The Hall–Kier alpha value is -1.57. The van der Waals surface area contributed by atoms with Crippen molar-refractivity contribution < 1.29 is 14.7 Å². The highest BCUT2D eigenvalue weighted by atomic mass is 127. The van der Waals surface area contributed by atoms with Gasteiger partial charge in [-0.1, -0.05) is 29.3 Å². The van der Waals surface area contributed by atoms with Crippen LogP contribution in [0.5, 0.6) is 0 Å². The van der Waals surface area contributed by atoms with Crippen LogP contribution in [-0.2, 0) is 4.79 Å². The van der Waals surface area contributed by atoms with Gasteiger partial charge < -0.3 is 10.4 Å². The van der Waals surface area contributed by atoms with Gasteiger partial charge >= 0.3 is 5.97 Å². The number of benzene rings is 2. The third kappa shape index (κ3) is 4.72. The highest BCUT2D eigenvalue weighted by molar-refractivity contribution is 14.1. The van der Waals surface area contributed by atoms with E-state index in [4.69, 9.17) is 23.2 Å². The Morgan fingerprint density at radius 3 is 2.46 bits per heavy atom. The maximum absolute atomic E-state index is 12.2. The van der Waals surface area contributed by atoms with Gasteiger partial charge in [-0.05, 0) is 71.0 Å². The maximum Gasteiger partial charge on any atom is 0.337 e. The number of carbonyl (C=O) groups excluding carboxylic acids is 1. The van der Waals surface area contributed by atoms with Crippen molar-refractivity contribution in [2.24, 2.45) is 0 Å². The van der Waals surface area contributed by atoms with Crippen LogP contribution in [0.15, 0.2) is 42.5 Å². The van der Waals surface area contributed by atoms with Gasteiger partial charge in [-0.15, -0.1) is 0 Å². The van der Waals surface area contributed by atoms with Crippen LogP contribution in [-0.4, -0.2) is 17.0 Å². The van der Waals surface area contributed by atoms with Gasteiger partial charge in [-0.3, -0.25) is 4.79 Å². The smallest absolute Gasteiger partial charge is 0.337 e. The van der Waals surface area contributed by atoms with E-state index in [1.165, 1.54) is 12.1 Å². The number of rotatable bonds is 4. The van der Waals surface area contributed by atoms with Crippen molar-refractivity contribution >= 4 is 68.9 Å². The summed E-state index contributed by atoms with van der Waals surface area (Å²) in [7, 11) is 0. The monoisotopic (exact) mass is 475 g/mol. The zero-order chi connectivity index (χ0) is 17.9. The number of amides is 1. The molecule has 0 aliphatic carbocycles. The van der Waals surface area contributed by atoms with Gasteiger partial charge in [-0.25, -0.2) is 4.79 Å². The molecule has 2 rings (SSSR count). The van der Waals surface area contributed by atoms with Crippen molar-refractivity contribution in [1.29, 1.82) is 0 Å². The molecule has 0 radical (unpaired) electrons. The predicted octanol–water partition coefficient (Wildman–Crippen LogP) is 5.34. The summed E-state index contributed by atoms with van der Waals surface area (Å²) in [6.07, 6.45) is 1.38. The Morgan fingerprint density at radius 2 is 1.83 bits per heavy atom. The molecule has 24 heavy (non-hydrogen) atoms. The van der Waals surface area contributed by atoms with E-state index in [1.54, 1.807) is 37.3 Å². The Bertz CT molecular complexity index is 850. The van der Waals surface area contributed by atoms with E-state index < -0.39 is 11.9 Å². The highest BCUT2D eigenvalue weighted by Gasteiger charge is 2.12. The van der Waals surface area contributed by atoms with Crippen molar-refractivity contribution in [3.8, 4) is 0 Å². The number of halogens is 3. The Labute approximate surface area is 162 Å². The molecule has 0 fully saturated rings. The molecular formula is C17H12Cl2INO3. The summed E-state index contributed by atoms with van der Waals surface area (Å²) in [6.45, 7) is 1.76. The lowest BCUT2D eigenvalue weighted by molar-refractivity contribution is -0.111. The predicted molar refractivity (Wildman–Crippen MR) is 105 cm³/mol. The average Bonchev–Trinajstić information content (AvgIpc) is 2.51. The number of anilines is 1. The van der Waals surface area contributed by atoms with Gasteiger partial charge in [0.25, 0.3) is 0 Å². The van der Waals surface area contributed by atoms with Crippen LogP contribution >= 0.6 is 45.8 Å². The van der Waals surface area contributed by atoms with Crippen LogP contribution in [0.25, 0.3) is 5.57 Å². The summed E-state index contributed by atoms with van der Waals surface area (Å²) >= 11 is 13.9. The lowest BCUT2D eigenvalue weighted by Gasteiger charge is -2.08. The molecule has 4 nitrogen and oxygen atoms in total. The minimum absolute atomic E-state index is 0.0378. The third-order valence-corrected chi connectivity index (χ3v) is 4.60. The summed E-state index contributed by atoms with van der Waals surface area (Å²) < 4.78 is 0.769. The SMILES string of the molecule is CC(=CC(=O)Nc1ccc(I)cc1C(=O)O)c1ccc(Cl)c(Cl)c1. The lowest BCUT2D eigenvalue weighted by Crippen LogP contribution is -2.12. The third-order valence-electron chi connectivity index (χ3n) is 3.19. The van der Waals surface area contributed by atoms with Gasteiger partial charge in [0.2, 0.25) is 5.91 Å². The summed E-state index contributed by atoms with van der Waals surface area (Å²) in [5.41, 5.74) is 1.70. The second-order valence-corrected chi connectivity index (χ2v) is 7.00. The molecule has 0 bridgehead atoms. The molecule has 124 valence electrons. The first-order valence-electron chi connectivity index (χ1n) is 6.75. The number of hydrogen-bond acceptors (Lipinski definition) is 2.